The summed E-state index contributed by atoms with van der Waals surface area (Å²) in [6.45, 7) is 6.56. The Morgan fingerprint density at radius 2 is 1.69 bits per heavy atom. The smallest absolute Gasteiger partial charge is 0.0742 e. The van der Waals surface area contributed by atoms with Gasteiger partial charge in [-0.2, -0.15) is 0 Å². The summed E-state index contributed by atoms with van der Waals surface area (Å²) >= 11 is 0. The molecule has 0 bridgehead atoms. The first-order valence-corrected chi connectivity index (χ1v) is 4.02. The predicted octanol–water partition coefficient (Wildman–Crippen LogP) is -1.23. The first-order valence-electron chi connectivity index (χ1n) is 4.02. The maximum Gasteiger partial charge on any atom is 0.0742 e. The number of carbonyl (C=O) groups excluding carboxylic acids is 1. The fraction of sp³-hybridized carbons (Fsp3) is 0.875. The van der Waals surface area contributed by atoms with E-state index in [1.165, 1.54) is 6.92 Å². The molecule has 13 heavy (non-hydrogen) atoms. The summed E-state index contributed by atoms with van der Waals surface area (Å²) in [5.74, 6) is 0. The molecule has 2 N–H and O–H groups in total. The minimum atomic E-state index is -0.560. The lowest BCUT2D eigenvalue weighted by Gasteiger charge is -1.90. The van der Waals surface area contributed by atoms with Crippen molar-refractivity contribution in [3.8, 4) is 0 Å². The first-order chi connectivity index (χ1) is 6.10. The van der Waals surface area contributed by atoms with Crippen molar-refractivity contribution in [2.75, 3.05) is 19.8 Å². The molecular weight excluding hydrogens is 176 g/mol. The van der Waals surface area contributed by atoms with Crippen molar-refractivity contribution in [3.63, 3.8) is 0 Å². The molecule has 0 aliphatic carbocycles. The Morgan fingerprint density at radius 3 is 1.69 bits per heavy atom. The lowest BCUT2D eigenvalue weighted by molar-refractivity contribution is -0.283. The molecule has 0 amide bonds. The summed E-state index contributed by atoms with van der Waals surface area (Å²) < 4.78 is 4.83. The molecule has 0 rings (SSSR count). The van der Waals surface area contributed by atoms with Gasteiger partial charge in [0.1, 0.15) is 0 Å². The fourth-order valence-electron chi connectivity index (χ4n) is 0.204. The third-order valence-corrected chi connectivity index (χ3v) is 0.672. The van der Waals surface area contributed by atoms with Crippen LogP contribution in [0.25, 0.3) is 0 Å². The Hall–Kier alpha value is -0.650. The molecule has 1 atom stereocenters. The lowest BCUT2D eigenvalue weighted by atomic mass is 10.5. The van der Waals surface area contributed by atoms with Gasteiger partial charge in [-0.3, -0.25) is 0 Å². The van der Waals surface area contributed by atoms with Crippen LogP contribution in [-0.4, -0.2) is 42.6 Å². The van der Waals surface area contributed by atoms with Gasteiger partial charge in [0.2, 0.25) is 0 Å². The molecule has 0 heterocycles. The highest BCUT2D eigenvalue weighted by molar-refractivity contribution is 5.29. The predicted molar refractivity (Wildman–Crippen MR) is 47.0 cm³/mol. The highest BCUT2D eigenvalue weighted by Gasteiger charge is 1.83. The average molecular weight is 195 g/mol. The minimum Gasteiger partial charge on any atom is -0.554 e. The van der Waals surface area contributed by atoms with Crippen molar-refractivity contribution < 1.29 is 24.9 Å². The summed E-state index contributed by atoms with van der Waals surface area (Å²) in [7, 11) is 0. The zero-order valence-electron chi connectivity index (χ0n) is 8.40. The van der Waals surface area contributed by atoms with Gasteiger partial charge in [-0.25, -0.2) is 0 Å². The van der Waals surface area contributed by atoms with Crippen LogP contribution in [0.15, 0.2) is 0 Å². The monoisotopic (exact) mass is 195 g/mol. The summed E-state index contributed by atoms with van der Waals surface area (Å²) in [5.41, 5.74) is 0. The molecular formula is C8H19O5-. The van der Waals surface area contributed by atoms with Gasteiger partial charge >= 0.3 is 0 Å². The molecule has 1 unspecified atom stereocenters. The van der Waals surface area contributed by atoms with E-state index in [2.05, 4.69) is 0 Å². The van der Waals surface area contributed by atoms with Crippen LogP contribution in [0.1, 0.15) is 20.8 Å². The quantitative estimate of drug-likeness (QED) is 0.550. The molecule has 0 aromatic heterocycles. The largest absolute Gasteiger partial charge is 0.554 e. The summed E-state index contributed by atoms with van der Waals surface area (Å²) in [4.78, 5) is 8.25. The van der Waals surface area contributed by atoms with Crippen LogP contribution >= 0.6 is 0 Å². The Bertz CT molecular complexity index is 72.9. The van der Waals surface area contributed by atoms with Crippen molar-refractivity contribution in [3.05, 3.63) is 0 Å². The second-order valence-corrected chi connectivity index (χ2v) is 1.91. The second-order valence-electron chi connectivity index (χ2n) is 1.91. The van der Waals surface area contributed by atoms with E-state index < -0.39 is 12.6 Å². The number of carboxylic acid groups (broad SMARTS) is 1. The van der Waals surface area contributed by atoms with Gasteiger partial charge < -0.3 is 24.9 Å². The van der Waals surface area contributed by atoms with E-state index in [4.69, 9.17) is 24.9 Å². The topological polar surface area (TPSA) is 89.8 Å². The van der Waals surface area contributed by atoms with E-state index in [1.54, 1.807) is 0 Å². The van der Waals surface area contributed by atoms with E-state index in [0.29, 0.717) is 0 Å². The van der Waals surface area contributed by atoms with E-state index in [9.17, 15) is 0 Å². The Balaban J connectivity index is -0.000000120. The number of hydrogen-bond acceptors (Lipinski definition) is 5. The normalized spacial score (nSPS) is 9.92. The number of carbonyl (C=O) groups is 1. The van der Waals surface area contributed by atoms with Crippen molar-refractivity contribution in [1.82, 2.24) is 0 Å². The number of aliphatic hydroxyl groups excluding tert-OH is 2. The minimum absolute atomic E-state index is 0.139. The maximum atomic E-state index is 8.25. The fourth-order valence-corrected chi connectivity index (χ4v) is 0.204. The van der Waals surface area contributed by atoms with Crippen LogP contribution in [0.2, 0.25) is 0 Å². The number of aliphatic hydroxyl groups is 2. The molecule has 82 valence electrons. The molecule has 0 fully saturated rings. The van der Waals surface area contributed by atoms with Crippen molar-refractivity contribution in [2.24, 2.45) is 0 Å². The molecule has 0 saturated heterocycles. The lowest BCUT2D eigenvalue weighted by Crippen LogP contribution is -2.03. The zero-order valence-corrected chi connectivity index (χ0v) is 8.40. The summed E-state index contributed by atoms with van der Waals surface area (Å²) in [6, 6.07) is 0. The van der Waals surface area contributed by atoms with E-state index in [-0.39, 0.29) is 6.61 Å². The SMILES string of the molecule is CC(O)CO.CCOCC.O=C[O-]. The van der Waals surface area contributed by atoms with Crippen LogP contribution in [0, 0.1) is 0 Å². The molecule has 0 aromatic carbocycles. The Labute approximate surface area is 79.0 Å². The van der Waals surface area contributed by atoms with Crippen LogP contribution < -0.4 is 5.11 Å². The molecule has 0 radical (unpaired) electrons. The first kappa shape index (κ1) is 18.2. The third kappa shape index (κ3) is 88.4. The van der Waals surface area contributed by atoms with E-state index in [1.807, 2.05) is 13.8 Å². The Kier molecular flexibility index (Phi) is 31.5. The molecule has 5 heteroatoms. The van der Waals surface area contributed by atoms with Crippen molar-refractivity contribution in [1.29, 1.82) is 0 Å². The number of rotatable bonds is 3. The van der Waals surface area contributed by atoms with Crippen LogP contribution in [-0.2, 0) is 9.53 Å². The molecule has 0 saturated carbocycles. The van der Waals surface area contributed by atoms with Gasteiger partial charge in [0.25, 0.3) is 0 Å². The van der Waals surface area contributed by atoms with E-state index in [0.717, 1.165) is 13.2 Å². The maximum absolute atomic E-state index is 8.25. The van der Waals surface area contributed by atoms with Crippen LogP contribution in [0.5, 0.6) is 0 Å². The van der Waals surface area contributed by atoms with Crippen LogP contribution in [0.3, 0.4) is 0 Å². The van der Waals surface area contributed by atoms with Gasteiger partial charge in [-0.1, -0.05) is 0 Å². The number of ether oxygens (including phenoxy) is 1. The molecule has 0 aliphatic heterocycles. The van der Waals surface area contributed by atoms with Crippen molar-refractivity contribution >= 4 is 6.47 Å². The highest BCUT2D eigenvalue weighted by atomic mass is 16.5. The second kappa shape index (κ2) is 22.5. The number of hydrogen-bond donors (Lipinski definition) is 2. The molecule has 5 nitrogen and oxygen atoms in total. The summed E-state index contributed by atoms with van der Waals surface area (Å²) in [5, 5.41) is 24.3. The molecule has 0 spiro atoms. The van der Waals surface area contributed by atoms with Gasteiger partial charge in [0.05, 0.1) is 12.7 Å². The van der Waals surface area contributed by atoms with Gasteiger partial charge in [-0.15, -0.1) is 0 Å². The average Bonchev–Trinajstić information content (AvgIpc) is 2.08. The van der Waals surface area contributed by atoms with Gasteiger partial charge in [-0.05, 0) is 20.8 Å². The van der Waals surface area contributed by atoms with Gasteiger partial charge in [0.15, 0.2) is 0 Å². The van der Waals surface area contributed by atoms with E-state index >= 15 is 0 Å². The standard InChI is InChI=1S/C4H10O.C3H8O2.CH2O2/c1-3-5-4-2;1-3(5)2-4;2-1-3/h3-4H2,1-2H3;3-5H,2H2,1H3;1H,(H,2,3)/p-1. The van der Waals surface area contributed by atoms with Crippen LogP contribution in [0.4, 0.5) is 0 Å². The third-order valence-electron chi connectivity index (χ3n) is 0.672. The highest BCUT2D eigenvalue weighted by Crippen LogP contribution is 1.68. The molecule has 0 aliphatic rings. The zero-order chi connectivity index (χ0) is 11.1. The Morgan fingerprint density at radius 1 is 1.46 bits per heavy atom. The molecule has 0 aromatic rings. The van der Waals surface area contributed by atoms with Crippen molar-refractivity contribution in [2.45, 2.75) is 26.9 Å². The van der Waals surface area contributed by atoms with Gasteiger partial charge in [0, 0.05) is 19.7 Å². The summed E-state index contributed by atoms with van der Waals surface area (Å²) in [6.07, 6.45) is -0.560.